The van der Waals surface area contributed by atoms with Gasteiger partial charge in [0.15, 0.2) is 10.9 Å². The SMILES string of the molecule is CCOC(=O)N1CCN(C(=O)Oc2cc(Cl)nnc2Oc2c(C)ccc3c2CCC3)CC1. The molecule has 1 aliphatic carbocycles. The highest BCUT2D eigenvalue weighted by Crippen LogP contribution is 2.38. The van der Waals surface area contributed by atoms with E-state index in [4.69, 9.17) is 25.8 Å². The average Bonchev–Trinajstić information content (AvgIpc) is 3.26. The van der Waals surface area contributed by atoms with Crippen molar-refractivity contribution >= 4 is 23.8 Å². The molecule has 170 valence electrons. The molecule has 2 heterocycles. The Labute approximate surface area is 191 Å². The molecule has 2 aliphatic rings. The van der Waals surface area contributed by atoms with E-state index in [-0.39, 0.29) is 22.9 Å². The van der Waals surface area contributed by atoms with E-state index in [9.17, 15) is 9.59 Å². The van der Waals surface area contributed by atoms with Crippen LogP contribution >= 0.6 is 11.6 Å². The van der Waals surface area contributed by atoms with Gasteiger partial charge in [-0.3, -0.25) is 0 Å². The zero-order chi connectivity index (χ0) is 22.7. The summed E-state index contributed by atoms with van der Waals surface area (Å²) in [6.45, 7) is 5.40. The molecule has 1 saturated heterocycles. The van der Waals surface area contributed by atoms with Crippen LogP contribution in [0.2, 0.25) is 5.15 Å². The van der Waals surface area contributed by atoms with E-state index in [1.165, 1.54) is 16.5 Å². The summed E-state index contributed by atoms with van der Waals surface area (Å²) in [4.78, 5) is 27.7. The molecule has 9 nitrogen and oxygen atoms in total. The second kappa shape index (κ2) is 9.60. The minimum atomic E-state index is -0.572. The Hall–Kier alpha value is -3.07. The van der Waals surface area contributed by atoms with Gasteiger partial charge in [0.05, 0.1) is 6.61 Å². The summed E-state index contributed by atoms with van der Waals surface area (Å²) in [6.07, 6.45) is 2.05. The molecule has 0 spiro atoms. The molecule has 0 saturated carbocycles. The maximum atomic E-state index is 12.8. The van der Waals surface area contributed by atoms with Crippen LogP contribution in [-0.2, 0) is 17.6 Å². The van der Waals surface area contributed by atoms with Crippen LogP contribution in [0.1, 0.15) is 30.0 Å². The Kier molecular flexibility index (Phi) is 6.64. The Morgan fingerprint density at radius 2 is 1.78 bits per heavy atom. The molecule has 1 aromatic carbocycles. The van der Waals surface area contributed by atoms with Gasteiger partial charge in [-0.05, 0) is 49.8 Å². The van der Waals surface area contributed by atoms with Gasteiger partial charge in [-0.2, -0.15) is 0 Å². The number of aryl methyl sites for hydroxylation is 2. The van der Waals surface area contributed by atoms with Crippen molar-refractivity contribution in [2.24, 2.45) is 0 Å². The van der Waals surface area contributed by atoms with Gasteiger partial charge in [-0.1, -0.05) is 23.7 Å². The molecule has 0 bridgehead atoms. The lowest BCUT2D eigenvalue weighted by Gasteiger charge is -2.33. The van der Waals surface area contributed by atoms with Crippen LogP contribution in [0, 0.1) is 6.92 Å². The Morgan fingerprint density at radius 1 is 1.06 bits per heavy atom. The monoisotopic (exact) mass is 460 g/mol. The predicted octanol–water partition coefficient (Wildman–Crippen LogP) is 3.99. The van der Waals surface area contributed by atoms with E-state index < -0.39 is 6.09 Å². The molecule has 0 atom stereocenters. The van der Waals surface area contributed by atoms with Crippen molar-refractivity contribution < 1.29 is 23.8 Å². The van der Waals surface area contributed by atoms with Crippen LogP contribution in [0.25, 0.3) is 0 Å². The quantitative estimate of drug-likeness (QED) is 0.680. The molecule has 2 aromatic rings. The standard InChI is InChI=1S/C22H25ClN4O5/c1-3-30-21(28)26-9-11-27(12-10-26)22(29)31-17-13-18(23)24-25-20(17)32-19-14(2)7-8-15-5-4-6-16(15)19/h7-8,13H,3-6,9-12H2,1-2H3. The topological polar surface area (TPSA) is 94.1 Å². The number of rotatable bonds is 4. The summed E-state index contributed by atoms with van der Waals surface area (Å²) < 4.78 is 16.7. The van der Waals surface area contributed by atoms with Crippen LogP contribution in [0.5, 0.6) is 17.4 Å². The lowest BCUT2D eigenvalue weighted by Crippen LogP contribution is -2.51. The van der Waals surface area contributed by atoms with E-state index in [2.05, 4.69) is 16.3 Å². The number of hydrogen-bond acceptors (Lipinski definition) is 7. The van der Waals surface area contributed by atoms with Gasteiger partial charge in [0, 0.05) is 32.2 Å². The smallest absolute Gasteiger partial charge is 0.415 e. The zero-order valence-electron chi connectivity index (χ0n) is 18.1. The fourth-order valence-corrected chi connectivity index (χ4v) is 4.06. The zero-order valence-corrected chi connectivity index (χ0v) is 18.9. The lowest BCUT2D eigenvalue weighted by atomic mass is 10.1. The van der Waals surface area contributed by atoms with Crippen molar-refractivity contribution in [3.05, 3.63) is 40.0 Å². The van der Waals surface area contributed by atoms with Gasteiger partial charge in [0.1, 0.15) is 5.75 Å². The average molecular weight is 461 g/mol. The highest BCUT2D eigenvalue weighted by atomic mass is 35.5. The highest BCUT2D eigenvalue weighted by Gasteiger charge is 2.28. The number of halogens is 1. The fraction of sp³-hybridized carbons (Fsp3) is 0.455. The number of benzene rings is 1. The van der Waals surface area contributed by atoms with Crippen molar-refractivity contribution in [3.8, 4) is 17.4 Å². The third-order valence-electron chi connectivity index (χ3n) is 5.58. The first kappa shape index (κ1) is 22.1. The van der Waals surface area contributed by atoms with E-state index in [0.717, 1.165) is 36.1 Å². The van der Waals surface area contributed by atoms with Crippen molar-refractivity contribution in [2.45, 2.75) is 33.1 Å². The van der Waals surface area contributed by atoms with Crippen LogP contribution in [0.15, 0.2) is 18.2 Å². The first-order valence-corrected chi connectivity index (χ1v) is 11.0. The third-order valence-corrected chi connectivity index (χ3v) is 5.77. The molecule has 10 heteroatoms. The first-order chi connectivity index (χ1) is 15.5. The van der Waals surface area contributed by atoms with E-state index >= 15 is 0 Å². The van der Waals surface area contributed by atoms with Crippen LogP contribution in [0.3, 0.4) is 0 Å². The predicted molar refractivity (Wildman–Crippen MR) is 117 cm³/mol. The third kappa shape index (κ3) is 4.72. The Morgan fingerprint density at radius 3 is 2.50 bits per heavy atom. The molecule has 0 unspecified atom stereocenters. The van der Waals surface area contributed by atoms with Crippen LogP contribution < -0.4 is 9.47 Å². The Balaban J connectivity index is 1.47. The maximum absolute atomic E-state index is 12.8. The number of ether oxygens (including phenoxy) is 3. The molecule has 1 fully saturated rings. The number of amides is 2. The van der Waals surface area contributed by atoms with Gasteiger partial charge in [-0.25, -0.2) is 9.59 Å². The minimum absolute atomic E-state index is 0.0799. The molecule has 0 radical (unpaired) electrons. The molecule has 0 N–H and O–H groups in total. The second-order valence-corrected chi connectivity index (χ2v) is 8.07. The molecule has 1 aliphatic heterocycles. The number of carbonyl (C=O) groups is 2. The molecule has 32 heavy (non-hydrogen) atoms. The summed E-state index contributed by atoms with van der Waals surface area (Å²) in [5, 5.41) is 7.96. The number of fused-ring (bicyclic) bond motifs is 1. The van der Waals surface area contributed by atoms with E-state index in [1.54, 1.807) is 11.8 Å². The van der Waals surface area contributed by atoms with Crippen LogP contribution in [0.4, 0.5) is 9.59 Å². The van der Waals surface area contributed by atoms with Gasteiger partial charge < -0.3 is 24.0 Å². The lowest BCUT2D eigenvalue weighted by molar-refractivity contribution is 0.0772. The number of nitrogens with zero attached hydrogens (tertiary/aromatic N) is 4. The molecule has 4 rings (SSSR count). The minimum Gasteiger partial charge on any atom is -0.450 e. The maximum Gasteiger partial charge on any atom is 0.415 e. The van der Waals surface area contributed by atoms with Gasteiger partial charge in [0.2, 0.25) is 0 Å². The van der Waals surface area contributed by atoms with Crippen molar-refractivity contribution in [1.29, 1.82) is 0 Å². The number of hydrogen-bond donors (Lipinski definition) is 0. The number of carbonyl (C=O) groups excluding carboxylic acids is 2. The molecular formula is C22H25ClN4O5. The number of aromatic nitrogens is 2. The highest BCUT2D eigenvalue weighted by molar-refractivity contribution is 6.29. The Bertz CT molecular complexity index is 1020. The molecule has 2 amide bonds. The van der Waals surface area contributed by atoms with Crippen molar-refractivity contribution in [2.75, 3.05) is 32.8 Å². The van der Waals surface area contributed by atoms with E-state index in [1.807, 2.05) is 13.0 Å². The summed E-state index contributed by atoms with van der Waals surface area (Å²) in [7, 11) is 0. The normalized spacial score (nSPS) is 15.3. The summed E-state index contributed by atoms with van der Waals surface area (Å²) in [5.41, 5.74) is 3.37. The van der Waals surface area contributed by atoms with Gasteiger partial charge in [0.25, 0.3) is 5.88 Å². The molecule has 1 aromatic heterocycles. The summed E-state index contributed by atoms with van der Waals surface area (Å²) in [6, 6.07) is 5.54. The van der Waals surface area contributed by atoms with Crippen molar-refractivity contribution in [3.63, 3.8) is 0 Å². The summed E-state index contributed by atoms with van der Waals surface area (Å²) in [5.74, 6) is 0.895. The molecular weight excluding hydrogens is 436 g/mol. The van der Waals surface area contributed by atoms with Gasteiger partial charge >= 0.3 is 12.2 Å². The van der Waals surface area contributed by atoms with Crippen LogP contribution in [-0.4, -0.2) is 65.0 Å². The van der Waals surface area contributed by atoms with Crippen molar-refractivity contribution in [1.82, 2.24) is 20.0 Å². The second-order valence-electron chi connectivity index (χ2n) is 7.68. The largest absolute Gasteiger partial charge is 0.450 e. The number of piperazine rings is 1. The van der Waals surface area contributed by atoms with E-state index in [0.29, 0.717) is 32.8 Å². The van der Waals surface area contributed by atoms with Gasteiger partial charge in [-0.15, -0.1) is 10.2 Å². The summed E-state index contributed by atoms with van der Waals surface area (Å²) >= 11 is 6.01. The first-order valence-electron chi connectivity index (χ1n) is 10.7. The fourth-order valence-electron chi connectivity index (χ4n) is 3.92.